The van der Waals surface area contributed by atoms with Gasteiger partial charge in [0.25, 0.3) is 5.91 Å². The fraction of sp³-hybridized carbons (Fsp3) is 0.143. The number of anilines is 1. The molecule has 20 heavy (non-hydrogen) atoms. The van der Waals surface area contributed by atoms with Crippen molar-refractivity contribution >= 4 is 22.5 Å². The number of nitrogens with zero attached hydrogens (tertiary/aromatic N) is 2. The molecule has 0 unspecified atom stereocenters. The van der Waals surface area contributed by atoms with Crippen LogP contribution >= 0.6 is 0 Å². The van der Waals surface area contributed by atoms with Gasteiger partial charge < -0.3 is 16.0 Å². The average molecular weight is 269 g/mol. The molecule has 6 nitrogen and oxygen atoms in total. The van der Waals surface area contributed by atoms with Gasteiger partial charge in [0.15, 0.2) is 0 Å². The van der Waals surface area contributed by atoms with Crippen LogP contribution in [0.15, 0.2) is 42.7 Å². The van der Waals surface area contributed by atoms with Crippen molar-refractivity contribution in [1.82, 2.24) is 20.1 Å². The molecule has 0 radical (unpaired) electrons. The molecule has 0 bridgehead atoms. The predicted molar refractivity (Wildman–Crippen MR) is 77.3 cm³/mol. The van der Waals surface area contributed by atoms with Crippen LogP contribution in [0, 0.1) is 0 Å². The first-order chi connectivity index (χ1) is 9.74. The van der Waals surface area contributed by atoms with Crippen LogP contribution in [0.1, 0.15) is 10.5 Å². The molecule has 0 saturated carbocycles. The normalized spacial score (nSPS) is 10.8. The minimum atomic E-state index is -0.146. The molecule has 3 aromatic rings. The monoisotopic (exact) mass is 269 g/mol. The van der Waals surface area contributed by atoms with Crippen molar-refractivity contribution in [2.75, 3.05) is 12.3 Å². The molecular weight excluding hydrogens is 254 g/mol. The van der Waals surface area contributed by atoms with Gasteiger partial charge in [-0.15, -0.1) is 0 Å². The smallest absolute Gasteiger partial charge is 0.267 e. The Labute approximate surface area is 115 Å². The molecule has 3 rings (SSSR count). The van der Waals surface area contributed by atoms with Crippen LogP contribution in [-0.2, 0) is 6.54 Å². The van der Waals surface area contributed by atoms with Crippen molar-refractivity contribution in [3.8, 4) is 0 Å². The van der Waals surface area contributed by atoms with Crippen molar-refractivity contribution < 1.29 is 4.79 Å². The number of nitrogen functional groups attached to an aromatic ring is 1. The van der Waals surface area contributed by atoms with Gasteiger partial charge in [-0.2, -0.15) is 5.10 Å². The summed E-state index contributed by atoms with van der Waals surface area (Å²) in [6.07, 6.45) is 3.57. The lowest BCUT2D eigenvalue weighted by Gasteiger charge is -2.03. The Morgan fingerprint density at radius 1 is 1.40 bits per heavy atom. The summed E-state index contributed by atoms with van der Waals surface area (Å²) in [4.78, 5) is 15.1. The number of hydrogen-bond acceptors (Lipinski definition) is 3. The third kappa shape index (κ3) is 2.35. The highest BCUT2D eigenvalue weighted by Crippen LogP contribution is 2.20. The Kier molecular flexibility index (Phi) is 3.12. The molecule has 0 aliphatic heterocycles. The number of carbonyl (C=O) groups excluding carboxylic acids is 1. The molecule has 102 valence electrons. The third-order valence-electron chi connectivity index (χ3n) is 3.12. The van der Waals surface area contributed by atoms with E-state index in [0.29, 0.717) is 24.5 Å². The van der Waals surface area contributed by atoms with E-state index in [4.69, 9.17) is 5.73 Å². The van der Waals surface area contributed by atoms with Crippen molar-refractivity contribution in [2.45, 2.75) is 6.54 Å². The summed E-state index contributed by atoms with van der Waals surface area (Å²) in [5.74, 6) is -0.146. The zero-order valence-electron chi connectivity index (χ0n) is 10.8. The fourth-order valence-electron chi connectivity index (χ4n) is 2.11. The lowest BCUT2D eigenvalue weighted by molar-refractivity contribution is 0.0948. The van der Waals surface area contributed by atoms with Crippen LogP contribution in [-0.4, -0.2) is 27.2 Å². The zero-order valence-corrected chi connectivity index (χ0v) is 10.8. The fourth-order valence-corrected chi connectivity index (χ4v) is 2.11. The summed E-state index contributed by atoms with van der Waals surface area (Å²) < 4.78 is 1.77. The van der Waals surface area contributed by atoms with E-state index < -0.39 is 0 Å². The van der Waals surface area contributed by atoms with E-state index in [0.717, 1.165) is 10.9 Å². The number of nitrogens with one attached hydrogen (secondary N) is 2. The Hall–Kier alpha value is -2.76. The van der Waals surface area contributed by atoms with Gasteiger partial charge in [-0.05, 0) is 18.2 Å². The molecule has 1 aromatic carbocycles. The Bertz CT molecular complexity index is 729. The first-order valence-corrected chi connectivity index (χ1v) is 6.37. The molecule has 6 heteroatoms. The second-order valence-electron chi connectivity index (χ2n) is 4.52. The number of aromatic nitrogens is 3. The minimum absolute atomic E-state index is 0.146. The number of aromatic amines is 1. The van der Waals surface area contributed by atoms with Crippen molar-refractivity contribution in [3.63, 3.8) is 0 Å². The predicted octanol–water partition coefficient (Wildman–Crippen LogP) is 1.38. The highest BCUT2D eigenvalue weighted by molar-refractivity contribution is 6.00. The van der Waals surface area contributed by atoms with Crippen LogP contribution in [0.5, 0.6) is 0 Å². The standard InChI is InChI=1S/C14H15N5O/c15-11-4-1-3-10-9-12(18-13(10)11)14(20)16-6-8-19-7-2-5-17-19/h1-5,7,9,18H,6,8,15H2,(H,16,20). The van der Waals surface area contributed by atoms with Gasteiger partial charge in [-0.1, -0.05) is 12.1 Å². The van der Waals surface area contributed by atoms with Crippen LogP contribution in [0.2, 0.25) is 0 Å². The van der Waals surface area contributed by atoms with Crippen LogP contribution in [0.25, 0.3) is 10.9 Å². The maximum atomic E-state index is 12.0. The number of rotatable bonds is 4. The second-order valence-corrected chi connectivity index (χ2v) is 4.52. The van der Waals surface area contributed by atoms with Crippen LogP contribution in [0.4, 0.5) is 5.69 Å². The van der Waals surface area contributed by atoms with E-state index in [1.54, 1.807) is 23.0 Å². The summed E-state index contributed by atoms with van der Waals surface area (Å²) >= 11 is 0. The summed E-state index contributed by atoms with van der Waals surface area (Å²) in [6.45, 7) is 1.16. The second kappa shape index (κ2) is 5.08. The summed E-state index contributed by atoms with van der Waals surface area (Å²) in [5, 5.41) is 7.85. The van der Waals surface area contributed by atoms with E-state index in [1.807, 2.05) is 24.4 Å². The highest BCUT2D eigenvalue weighted by atomic mass is 16.1. The van der Waals surface area contributed by atoms with Gasteiger partial charge in [-0.25, -0.2) is 0 Å². The zero-order chi connectivity index (χ0) is 13.9. The van der Waals surface area contributed by atoms with Crippen molar-refractivity contribution in [2.24, 2.45) is 0 Å². The minimum Gasteiger partial charge on any atom is -0.397 e. The van der Waals surface area contributed by atoms with Crippen molar-refractivity contribution in [1.29, 1.82) is 0 Å². The topological polar surface area (TPSA) is 88.7 Å². The lowest BCUT2D eigenvalue weighted by atomic mass is 10.2. The quantitative estimate of drug-likeness (QED) is 0.625. The number of amides is 1. The number of carbonyl (C=O) groups is 1. The molecule has 2 heterocycles. The van der Waals surface area contributed by atoms with Gasteiger partial charge >= 0.3 is 0 Å². The molecule has 0 aliphatic rings. The van der Waals surface area contributed by atoms with Crippen LogP contribution < -0.4 is 11.1 Å². The number of nitrogens with two attached hydrogens (primary N) is 1. The Morgan fingerprint density at radius 2 is 2.30 bits per heavy atom. The van der Waals surface area contributed by atoms with Gasteiger partial charge in [0.2, 0.25) is 0 Å². The molecule has 4 N–H and O–H groups in total. The maximum absolute atomic E-state index is 12.0. The van der Waals surface area contributed by atoms with Gasteiger partial charge in [0.1, 0.15) is 5.69 Å². The Balaban J connectivity index is 1.68. The Morgan fingerprint density at radius 3 is 3.05 bits per heavy atom. The molecule has 0 saturated heterocycles. The van der Waals surface area contributed by atoms with Gasteiger partial charge in [-0.3, -0.25) is 9.48 Å². The van der Waals surface area contributed by atoms with Gasteiger partial charge in [0, 0.05) is 24.3 Å². The van der Waals surface area contributed by atoms with E-state index in [2.05, 4.69) is 15.4 Å². The number of hydrogen-bond donors (Lipinski definition) is 3. The summed E-state index contributed by atoms with van der Waals surface area (Å²) in [7, 11) is 0. The SMILES string of the molecule is Nc1cccc2cc(C(=O)NCCn3cccn3)[nH]c12. The van der Waals surface area contributed by atoms with Gasteiger partial charge in [0.05, 0.1) is 17.7 Å². The third-order valence-corrected chi connectivity index (χ3v) is 3.12. The first-order valence-electron chi connectivity index (χ1n) is 6.37. The summed E-state index contributed by atoms with van der Waals surface area (Å²) in [6, 6.07) is 9.24. The molecule has 1 amide bonds. The summed E-state index contributed by atoms with van der Waals surface area (Å²) in [5.41, 5.74) is 7.80. The average Bonchev–Trinajstić information content (AvgIpc) is 3.07. The molecule has 0 aliphatic carbocycles. The first kappa shape index (κ1) is 12.3. The maximum Gasteiger partial charge on any atom is 0.267 e. The largest absolute Gasteiger partial charge is 0.397 e. The van der Waals surface area contributed by atoms with E-state index >= 15 is 0 Å². The number of fused-ring (bicyclic) bond motifs is 1. The van der Waals surface area contributed by atoms with Crippen LogP contribution in [0.3, 0.4) is 0 Å². The van der Waals surface area contributed by atoms with E-state index in [9.17, 15) is 4.79 Å². The highest BCUT2D eigenvalue weighted by Gasteiger charge is 2.10. The molecule has 0 spiro atoms. The number of para-hydroxylation sites is 1. The van der Waals surface area contributed by atoms with E-state index in [1.165, 1.54) is 0 Å². The molecule has 0 fully saturated rings. The molecular formula is C14H15N5O. The number of benzene rings is 1. The lowest BCUT2D eigenvalue weighted by Crippen LogP contribution is -2.27. The van der Waals surface area contributed by atoms with E-state index in [-0.39, 0.29) is 5.91 Å². The molecule has 2 aromatic heterocycles. The van der Waals surface area contributed by atoms with Crippen molar-refractivity contribution in [3.05, 3.63) is 48.4 Å². The molecule has 0 atom stereocenters. The number of H-pyrrole nitrogens is 1.